The smallest absolute Gasteiger partial charge is 0.107 e. The summed E-state index contributed by atoms with van der Waals surface area (Å²) in [5.41, 5.74) is 0.838. The second-order valence-corrected chi connectivity index (χ2v) is 3.58. The Kier molecular flexibility index (Phi) is 4.98. The lowest BCUT2D eigenvalue weighted by molar-refractivity contribution is 0.131. The predicted molar refractivity (Wildman–Crippen MR) is 57.5 cm³/mol. The van der Waals surface area contributed by atoms with Gasteiger partial charge >= 0.3 is 0 Å². The Bertz CT molecular complexity index is 273. The van der Waals surface area contributed by atoms with Crippen molar-refractivity contribution < 1.29 is 4.74 Å². The van der Waals surface area contributed by atoms with Crippen LogP contribution in [0.4, 0.5) is 0 Å². The SMILES string of the molecule is CCCCn1cc(Cl)c(COCC)n1. The minimum atomic E-state index is 0.508. The van der Waals surface area contributed by atoms with Gasteiger partial charge in [-0.25, -0.2) is 0 Å². The van der Waals surface area contributed by atoms with Crippen molar-refractivity contribution in [2.24, 2.45) is 0 Å². The first-order valence-electron chi connectivity index (χ1n) is 5.07. The van der Waals surface area contributed by atoms with Crippen LogP contribution in [0.5, 0.6) is 0 Å². The summed E-state index contributed by atoms with van der Waals surface area (Å²) in [5, 5.41) is 5.05. The molecule has 0 spiro atoms. The van der Waals surface area contributed by atoms with Crippen LogP contribution in [0, 0.1) is 0 Å². The molecular weight excluding hydrogens is 200 g/mol. The van der Waals surface area contributed by atoms with Gasteiger partial charge in [0.2, 0.25) is 0 Å². The van der Waals surface area contributed by atoms with Crippen LogP contribution in [0.2, 0.25) is 5.02 Å². The first-order chi connectivity index (χ1) is 6.77. The third-order valence-corrected chi connectivity index (χ3v) is 2.29. The number of aromatic nitrogens is 2. The van der Waals surface area contributed by atoms with Crippen molar-refractivity contribution in [3.63, 3.8) is 0 Å². The van der Waals surface area contributed by atoms with E-state index >= 15 is 0 Å². The van der Waals surface area contributed by atoms with Gasteiger partial charge in [-0.1, -0.05) is 24.9 Å². The number of nitrogens with zero attached hydrogens (tertiary/aromatic N) is 2. The van der Waals surface area contributed by atoms with Crippen molar-refractivity contribution in [3.8, 4) is 0 Å². The molecule has 0 aliphatic rings. The molecule has 3 nitrogen and oxygen atoms in total. The highest BCUT2D eigenvalue weighted by molar-refractivity contribution is 6.31. The van der Waals surface area contributed by atoms with Crippen molar-refractivity contribution in [2.45, 2.75) is 39.8 Å². The van der Waals surface area contributed by atoms with E-state index in [4.69, 9.17) is 16.3 Å². The van der Waals surface area contributed by atoms with Gasteiger partial charge in [-0.15, -0.1) is 0 Å². The van der Waals surface area contributed by atoms with Crippen molar-refractivity contribution in [3.05, 3.63) is 16.9 Å². The highest BCUT2D eigenvalue weighted by Crippen LogP contribution is 2.15. The molecule has 0 radical (unpaired) electrons. The van der Waals surface area contributed by atoms with Gasteiger partial charge in [-0.2, -0.15) is 5.10 Å². The monoisotopic (exact) mass is 216 g/mol. The average molecular weight is 217 g/mol. The molecular formula is C10H17ClN2O. The van der Waals surface area contributed by atoms with Gasteiger partial charge in [0.05, 0.1) is 11.6 Å². The Morgan fingerprint density at radius 3 is 2.93 bits per heavy atom. The van der Waals surface area contributed by atoms with Crippen LogP contribution in [-0.2, 0) is 17.9 Å². The Balaban J connectivity index is 2.53. The Morgan fingerprint density at radius 2 is 2.29 bits per heavy atom. The standard InChI is InChI=1S/C10H17ClN2O/c1-3-5-6-13-7-9(11)10(12-13)8-14-4-2/h7H,3-6,8H2,1-2H3. The van der Waals surface area contributed by atoms with E-state index < -0.39 is 0 Å². The zero-order chi connectivity index (χ0) is 10.4. The second-order valence-electron chi connectivity index (χ2n) is 3.18. The third-order valence-electron chi connectivity index (χ3n) is 1.97. The molecule has 80 valence electrons. The largest absolute Gasteiger partial charge is 0.375 e. The number of rotatable bonds is 6. The van der Waals surface area contributed by atoms with Crippen LogP contribution < -0.4 is 0 Å². The van der Waals surface area contributed by atoms with Crippen molar-refractivity contribution in [1.29, 1.82) is 0 Å². The van der Waals surface area contributed by atoms with E-state index in [0.29, 0.717) is 18.2 Å². The quantitative estimate of drug-likeness (QED) is 0.731. The van der Waals surface area contributed by atoms with Gasteiger partial charge in [-0.05, 0) is 13.3 Å². The summed E-state index contributed by atoms with van der Waals surface area (Å²) < 4.78 is 7.15. The Labute approximate surface area is 90.0 Å². The normalized spacial score (nSPS) is 10.8. The van der Waals surface area contributed by atoms with Crippen LogP contribution in [0.3, 0.4) is 0 Å². The van der Waals surface area contributed by atoms with E-state index in [1.165, 1.54) is 0 Å². The van der Waals surface area contributed by atoms with Crippen LogP contribution >= 0.6 is 11.6 Å². The summed E-state index contributed by atoms with van der Waals surface area (Å²) in [4.78, 5) is 0. The summed E-state index contributed by atoms with van der Waals surface area (Å²) in [6.45, 7) is 6.25. The zero-order valence-corrected chi connectivity index (χ0v) is 9.55. The molecule has 4 heteroatoms. The van der Waals surface area contributed by atoms with Gasteiger partial charge in [0.25, 0.3) is 0 Å². The Morgan fingerprint density at radius 1 is 1.50 bits per heavy atom. The molecule has 1 heterocycles. The zero-order valence-electron chi connectivity index (χ0n) is 8.79. The lowest BCUT2D eigenvalue weighted by Crippen LogP contribution is -2.00. The van der Waals surface area contributed by atoms with E-state index in [1.54, 1.807) is 0 Å². The van der Waals surface area contributed by atoms with E-state index in [0.717, 1.165) is 25.1 Å². The van der Waals surface area contributed by atoms with E-state index in [9.17, 15) is 0 Å². The van der Waals surface area contributed by atoms with Crippen LogP contribution in [0.15, 0.2) is 6.20 Å². The van der Waals surface area contributed by atoms with E-state index in [1.807, 2.05) is 17.8 Å². The molecule has 0 saturated carbocycles. The average Bonchev–Trinajstić information content (AvgIpc) is 2.53. The lowest BCUT2D eigenvalue weighted by atomic mass is 10.3. The van der Waals surface area contributed by atoms with Gasteiger partial charge in [0.15, 0.2) is 0 Å². The predicted octanol–water partition coefficient (Wildman–Crippen LogP) is 2.87. The molecule has 1 aromatic heterocycles. The molecule has 0 N–H and O–H groups in total. The second kappa shape index (κ2) is 6.04. The fourth-order valence-electron chi connectivity index (χ4n) is 1.17. The third kappa shape index (κ3) is 3.31. The molecule has 0 amide bonds. The van der Waals surface area contributed by atoms with Crippen LogP contribution in [0.25, 0.3) is 0 Å². The van der Waals surface area contributed by atoms with Gasteiger partial charge in [0.1, 0.15) is 5.69 Å². The van der Waals surface area contributed by atoms with Crippen molar-refractivity contribution >= 4 is 11.6 Å². The molecule has 0 unspecified atom stereocenters. The first kappa shape index (κ1) is 11.5. The van der Waals surface area contributed by atoms with E-state index in [-0.39, 0.29) is 0 Å². The number of ether oxygens (including phenoxy) is 1. The maximum absolute atomic E-state index is 6.00. The Hall–Kier alpha value is -0.540. The minimum Gasteiger partial charge on any atom is -0.375 e. The molecule has 0 atom stereocenters. The van der Waals surface area contributed by atoms with Crippen molar-refractivity contribution in [2.75, 3.05) is 6.61 Å². The highest BCUT2D eigenvalue weighted by atomic mass is 35.5. The molecule has 0 aliphatic carbocycles. The molecule has 0 saturated heterocycles. The highest BCUT2D eigenvalue weighted by Gasteiger charge is 2.05. The van der Waals surface area contributed by atoms with Gasteiger partial charge in [-0.3, -0.25) is 4.68 Å². The molecule has 0 fully saturated rings. The summed E-state index contributed by atoms with van der Waals surface area (Å²) in [7, 11) is 0. The van der Waals surface area contributed by atoms with Crippen molar-refractivity contribution in [1.82, 2.24) is 9.78 Å². The molecule has 0 aliphatic heterocycles. The molecule has 0 bridgehead atoms. The van der Waals surface area contributed by atoms with Crippen LogP contribution in [-0.4, -0.2) is 16.4 Å². The number of hydrogen-bond donors (Lipinski definition) is 0. The number of unbranched alkanes of at least 4 members (excludes halogenated alkanes) is 1. The minimum absolute atomic E-state index is 0.508. The fourth-order valence-corrected chi connectivity index (χ4v) is 1.37. The number of aryl methyl sites for hydroxylation is 1. The molecule has 0 aromatic carbocycles. The number of halogens is 1. The first-order valence-corrected chi connectivity index (χ1v) is 5.45. The van der Waals surface area contributed by atoms with Gasteiger partial charge < -0.3 is 4.74 Å². The van der Waals surface area contributed by atoms with Gasteiger partial charge in [0, 0.05) is 19.3 Å². The van der Waals surface area contributed by atoms with Crippen LogP contribution in [0.1, 0.15) is 32.4 Å². The molecule has 1 aromatic rings. The fraction of sp³-hybridized carbons (Fsp3) is 0.700. The maximum atomic E-state index is 6.00. The summed E-state index contributed by atoms with van der Waals surface area (Å²) in [6.07, 6.45) is 4.16. The summed E-state index contributed by atoms with van der Waals surface area (Å²) in [5.74, 6) is 0. The summed E-state index contributed by atoms with van der Waals surface area (Å²) >= 11 is 6.00. The number of hydrogen-bond acceptors (Lipinski definition) is 2. The lowest BCUT2D eigenvalue weighted by Gasteiger charge is -1.98. The molecule has 14 heavy (non-hydrogen) atoms. The topological polar surface area (TPSA) is 27.1 Å². The molecule has 1 rings (SSSR count). The van der Waals surface area contributed by atoms with E-state index in [2.05, 4.69) is 12.0 Å². The summed E-state index contributed by atoms with van der Waals surface area (Å²) in [6, 6.07) is 0. The maximum Gasteiger partial charge on any atom is 0.107 e.